The number of rotatable bonds is 3. The molecule has 0 atom stereocenters. The molecule has 0 heterocycles. The maximum absolute atomic E-state index is 13.1. The van der Waals surface area contributed by atoms with Crippen LogP contribution in [0.15, 0.2) is 30.3 Å². The molecule has 0 bridgehead atoms. The SMILES string of the molecule is C.C.Cc1c(CN)ccc(F)c1C(N)=O.Cc1cccc(F)c1C(=O)O. The Balaban J connectivity index is 0. The topological polar surface area (TPSA) is 106 Å². The molecule has 144 valence electrons. The van der Waals surface area contributed by atoms with Crippen LogP contribution in [0.5, 0.6) is 0 Å². The summed E-state index contributed by atoms with van der Waals surface area (Å²) >= 11 is 0. The number of carbonyl (C=O) groups is 2. The molecule has 2 aromatic carbocycles. The lowest BCUT2D eigenvalue weighted by atomic mass is 10.0. The number of carbonyl (C=O) groups excluding carboxylic acids is 1. The van der Waals surface area contributed by atoms with Gasteiger partial charge in [0.05, 0.1) is 11.1 Å². The van der Waals surface area contributed by atoms with Crippen molar-refractivity contribution in [2.24, 2.45) is 11.5 Å². The lowest BCUT2D eigenvalue weighted by molar-refractivity contribution is 0.0690. The number of amides is 1. The van der Waals surface area contributed by atoms with Crippen LogP contribution in [-0.2, 0) is 6.54 Å². The Hall–Kier alpha value is -2.80. The zero-order valence-corrected chi connectivity index (χ0v) is 13.3. The summed E-state index contributed by atoms with van der Waals surface area (Å²) in [5, 5.41) is 8.51. The molecule has 0 aliphatic heterocycles. The quantitative estimate of drug-likeness (QED) is 0.766. The number of carboxylic acid groups (broad SMARTS) is 1. The molecule has 0 saturated carbocycles. The summed E-state index contributed by atoms with van der Waals surface area (Å²) in [5.74, 6) is -3.26. The van der Waals surface area contributed by atoms with E-state index in [0.29, 0.717) is 11.1 Å². The van der Waals surface area contributed by atoms with Crippen LogP contribution < -0.4 is 11.5 Å². The third kappa shape index (κ3) is 5.93. The molecule has 0 unspecified atom stereocenters. The van der Waals surface area contributed by atoms with Gasteiger partial charge in [-0.25, -0.2) is 13.6 Å². The fraction of sp³-hybridized carbons (Fsp3) is 0.263. The third-order valence-corrected chi connectivity index (χ3v) is 3.43. The average Bonchev–Trinajstić information content (AvgIpc) is 2.47. The Morgan fingerprint density at radius 1 is 1.00 bits per heavy atom. The van der Waals surface area contributed by atoms with Gasteiger partial charge in [0.1, 0.15) is 11.6 Å². The monoisotopic (exact) mass is 368 g/mol. The summed E-state index contributed by atoms with van der Waals surface area (Å²) < 4.78 is 25.8. The fourth-order valence-corrected chi connectivity index (χ4v) is 2.15. The molecule has 26 heavy (non-hydrogen) atoms. The molecule has 1 amide bonds. The summed E-state index contributed by atoms with van der Waals surface area (Å²) in [5.41, 5.74) is 11.8. The van der Waals surface area contributed by atoms with Crippen LogP contribution in [0.25, 0.3) is 0 Å². The van der Waals surface area contributed by atoms with E-state index in [1.54, 1.807) is 26.0 Å². The number of aromatic carboxylic acids is 1. The molecule has 5 nitrogen and oxygen atoms in total. The van der Waals surface area contributed by atoms with Gasteiger partial charge in [0.2, 0.25) is 0 Å². The van der Waals surface area contributed by atoms with E-state index in [0.717, 1.165) is 11.6 Å². The van der Waals surface area contributed by atoms with Crippen LogP contribution in [0, 0.1) is 25.5 Å². The van der Waals surface area contributed by atoms with Crippen molar-refractivity contribution in [1.29, 1.82) is 0 Å². The molecule has 0 aromatic heterocycles. The highest BCUT2D eigenvalue weighted by atomic mass is 19.1. The third-order valence-electron chi connectivity index (χ3n) is 3.43. The first-order chi connectivity index (χ1) is 11.2. The standard InChI is InChI=1S/C9H11FN2O.C8H7FO2.2CH4/c1-5-6(4-11)2-3-7(10)8(5)9(12)13;1-5-3-2-4-6(9)7(5)8(10)11;;/h2-3H,4,11H2,1H3,(H2,12,13);2-4H,1H3,(H,10,11);2*1H4. The molecular weight excluding hydrogens is 342 g/mol. The van der Waals surface area contributed by atoms with E-state index < -0.39 is 23.5 Å². The molecule has 2 aromatic rings. The highest BCUT2D eigenvalue weighted by Gasteiger charge is 2.13. The van der Waals surface area contributed by atoms with Crippen molar-refractivity contribution < 1.29 is 23.5 Å². The maximum atomic E-state index is 13.1. The zero-order chi connectivity index (χ0) is 18.4. The van der Waals surface area contributed by atoms with Crippen molar-refractivity contribution in [3.05, 3.63) is 69.8 Å². The van der Waals surface area contributed by atoms with Crippen LogP contribution in [0.2, 0.25) is 0 Å². The molecule has 5 N–H and O–H groups in total. The Labute approximate surface area is 152 Å². The largest absolute Gasteiger partial charge is 0.478 e. The van der Waals surface area contributed by atoms with Gasteiger partial charge in [-0.3, -0.25) is 4.79 Å². The number of primary amides is 1. The van der Waals surface area contributed by atoms with Crippen molar-refractivity contribution in [1.82, 2.24) is 0 Å². The van der Waals surface area contributed by atoms with Crippen LogP contribution in [-0.4, -0.2) is 17.0 Å². The Morgan fingerprint density at radius 3 is 1.92 bits per heavy atom. The van der Waals surface area contributed by atoms with Crippen molar-refractivity contribution in [2.75, 3.05) is 0 Å². The van der Waals surface area contributed by atoms with Gasteiger partial charge >= 0.3 is 5.97 Å². The van der Waals surface area contributed by atoms with Gasteiger partial charge in [-0.2, -0.15) is 0 Å². The maximum Gasteiger partial charge on any atom is 0.338 e. The average molecular weight is 368 g/mol. The first-order valence-corrected chi connectivity index (χ1v) is 6.96. The number of aryl methyl sites for hydroxylation is 1. The molecule has 2 rings (SSSR count). The summed E-state index contributed by atoms with van der Waals surface area (Å²) in [4.78, 5) is 21.3. The number of hydrogen-bond acceptors (Lipinski definition) is 3. The van der Waals surface area contributed by atoms with E-state index in [1.807, 2.05) is 0 Å². The molecular formula is C19H26F2N2O3. The van der Waals surface area contributed by atoms with Gasteiger partial charge in [-0.15, -0.1) is 0 Å². The first kappa shape index (κ1) is 25.4. The minimum atomic E-state index is -1.22. The lowest BCUT2D eigenvalue weighted by Gasteiger charge is -2.07. The Morgan fingerprint density at radius 2 is 1.54 bits per heavy atom. The number of hydrogen-bond donors (Lipinski definition) is 3. The van der Waals surface area contributed by atoms with Crippen molar-refractivity contribution in [2.45, 2.75) is 35.2 Å². The second-order valence-corrected chi connectivity index (χ2v) is 5.01. The van der Waals surface area contributed by atoms with E-state index in [1.165, 1.54) is 12.1 Å². The van der Waals surface area contributed by atoms with Crippen LogP contribution >= 0.6 is 0 Å². The van der Waals surface area contributed by atoms with E-state index in [-0.39, 0.29) is 32.5 Å². The summed E-state index contributed by atoms with van der Waals surface area (Å²) in [6.07, 6.45) is 0. The zero-order valence-electron chi connectivity index (χ0n) is 13.3. The van der Waals surface area contributed by atoms with Gasteiger partial charge in [0, 0.05) is 6.54 Å². The number of nitrogens with two attached hydrogens (primary N) is 2. The number of halogens is 2. The minimum Gasteiger partial charge on any atom is -0.478 e. The predicted molar refractivity (Wildman–Crippen MR) is 99.1 cm³/mol. The second-order valence-electron chi connectivity index (χ2n) is 5.01. The van der Waals surface area contributed by atoms with Gasteiger partial charge in [0.25, 0.3) is 5.91 Å². The van der Waals surface area contributed by atoms with E-state index in [2.05, 4.69) is 0 Å². The molecule has 0 radical (unpaired) electrons. The van der Waals surface area contributed by atoms with Gasteiger partial charge in [-0.05, 0) is 42.7 Å². The smallest absolute Gasteiger partial charge is 0.338 e. The van der Waals surface area contributed by atoms with Gasteiger partial charge in [-0.1, -0.05) is 33.1 Å². The van der Waals surface area contributed by atoms with E-state index in [9.17, 15) is 18.4 Å². The van der Waals surface area contributed by atoms with Crippen LogP contribution in [0.1, 0.15) is 52.3 Å². The summed E-state index contributed by atoms with van der Waals surface area (Å²) in [6, 6.07) is 6.94. The molecule has 0 saturated heterocycles. The highest BCUT2D eigenvalue weighted by Crippen LogP contribution is 2.16. The Kier molecular flexibility index (Phi) is 10.7. The molecule has 0 aliphatic rings. The minimum absolute atomic E-state index is 0. The normalized spacial score (nSPS) is 9.12. The summed E-state index contributed by atoms with van der Waals surface area (Å²) in [6.45, 7) is 3.46. The second kappa shape index (κ2) is 10.9. The van der Waals surface area contributed by atoms with Crippen LogP contribution in [0.3, 0.4) is 0 Å². The first-order valence-electron chi connectivity index (χ1n) is 6.96. The molecule has 0 fully saturated rings. The van der Waals surface area contributed by atoms with Gasteiger partial charge < -0.3 is 16.6 Å². The summed E-state index contributed by atoms with van der Waals surface area (Å²) in [7, 11) is 0. The highest BCUT2D eigenvalue weighted by molar-refractivity contribution is 5.94. The lowest BCUT2D eigenvalue weighted by Crippen LogP contribution is -2.16. The van der Waals surface area contributed by atoms with Crippen molar-refractivity contribution in [3.8, 4) is 0 Å². The van der Waals surface area contributed by atoms with E-state index >= 15 is 0 Å². The van der Waals surface area contributed by atoms with Gasteiger partial charge in [0.15, 0.2) is 0 Å². The number of benzene rings is 2. The van der Waals surface area contributed by atoms with E-state index in [4.69, 9.17) is 16.6 Å². The number of carboxylic acids is 1. The molecule has 0 spiro atoms. The molecule has 0 aliphatic carbocycles. The van der Waals surface area contributed by atoms with Crippen LogP contribution in [0.4, 0.5) is 8.78 Å². The fourth-order valence-electron chi connectivity index (χ4n) is 2.15. The van der Waals surface area contributed by atoms with Crippen molar-refractivity contribution >= 4 is 11.9 Å². The Bertz CT molecular complexity index is 757. The predicted octanol–water partition coefficient (Wildman–Crippen LogP) is 3.80. The molecule has 7 heteroatoms. The van der Waals surface area contributed by atoms with Crippen molar-refractivity contribution in [3.63, 3.8) is 0 Å².